The molecule has 2 aromatic rings. The molecule has 0 amide bonds. The van der Waals surface area contributed by atoms with E-state index in [1.807, 2.05) is 13.8 Å². The van der Waals surface area contributed by atoms with Crippen molar-refractivity contribution in [1.29, 1.82) is 0 Å². The summed E-state index contributed by atoms with van der Waals surface area (Å²) in [5.41, 5.74) is 9.44. The zero-order valence-corrected chi connectivity index (χ0v) is 12.9. The van der Waals surface area contributed by atoms with Crippen molar-refractivity contribution < 1.29 is 0 Å². The molecule has 0 bridgehead atoms. The van der Waals surface area contributed by atoms with Crippen LogP contribution in [0.3, 0.4) is 0 Å². The number of nitrogens with two attached hydrogens (primary N) is 1. The fraction of sp³-hybridized carbons (Fsp3) is 0.438. The Morgan fingerprint density at radius 3 is 2.37 bits per heavy atom. The Kier molecular flexibility index (Phi) is 4.07. The number of thiazole rings is 1. The summed E-state index contributed by atoms with van der Waals surface area (Å²) >= 11 is 1.69. The molecule has 0 saturated carbocycles. The largest absolute Gasteiger partial charge is 0.325 e. The molecule has 0 unspecified atom stereocenters. The predicted octanol–water partition coefficient (Wildman–Crippen LogP) is 4.21. The van der Waals surface area contributed by atoms with Crippen LogP contribution in [0, 0.1) is 0 Å². The average molecular weight is 274 g/mol. The lowest BCUT2D eigenvalue weighted by atomic mass is 10.0. The fourth-order valence-electron chi connectivity index (χ4n) is 1.95. The van der Waals surface area contributed by atoms with Crippen molar-refractivity contribution in [2.45, 2.75) is 45.6 Å². The standard InChI is InChI=1S/C16H22N2S/c1-11(2)12-5-7-13(8-6-12)14-10-19-15(18-14)9-16(3,4)17/h5-8,10-11H,9,17H2,1-4H3. The second-order valence-corrected chi connectivity index (χ2v) is 7.01. The molecule has 102 valence electrons. The molecule has 1 aromatic carbocycles. The summed E-state index contributed by atoms with van der Waals surface area (Å²) < 4.78 is 0. The first-order valence-corrected chi connectivity index (χ1v) is 7.57. The van der Waals surface area contributed by atoms with Crippen molar-refractivity contribution in [1.82, 2.24) is 4.98 Å². The van der Waals surface area contributed by atoms with Crippen LogP contribution in [-0.4, -0.2) is 10.5 Å². The Labute approximate surface area is 119 Å². The van der Waals surface area contributed by atoms with Crippen LogP contribution in [0.15, 0.2) is 29.6 Å². The van der Waals surface area contributed by atoms with Crippen molar-refractivity contribution >= 4 is 11.3 Å². The molecule has 0 fully saturated rings. The second kappa shape index (κ2) is 5.43. The van der Waals surface area contributed by atoms with Gasteiger partial charge in [0.05, 0.1) is 10.7 Å². The van der Waals surface area contributed by atoms with E-state index in [2.05, 4.69) is 48.5 Å². The molecule has 1 aromatic heterocycles. The number of hydrogen-bond acceptors (Lipinski definition) is 3. The Morgan fingerprint density at radius 1 is 1.21 bits per heavy atom. The van der Waals surface area contributed by atoms with Crippen LogP contribution in [0.25, 0.3) is 11.3 Å². The van der Waals surface area contributed by atoms with Crippen LogP contribution in [0.5, 0.6) is 0 Å². The molecule has 0 atom stereocenters. The van der Waals surface area contributed by atoms with Gasteiger partial charge in [0.1, 0.15) is 0 Å². The third-order valence-corrected chi connectivity index (χ3v) is 3.88. The van der Waals surface area contributed by atoms with Crippen molar-refractivity contribution in [2.24, 2.45) is 5.73 Å². The zero-order chi connectivity index (χ0) is 14.0. The molecule has 0 radical (unpaired) electrons. The average Bonchev–Trinajstić information content (AvgIpc) is 2.75. The zero-order valence-electron chi connectivity index (χ0n) is 12.1. The maximum Gasteiger partial charge on any atom is 0.0950 e. The van der Waals surface area contributed by atoms with Gasteiger partial charge < -0.3 is 5.73 Å². The van der Waals surface area contributed by atoms with Crippen LogP contribution < -0.4 is 5.73 Å². The molecule has 0 saturated heterocycles. The topological polar surface area (TPSA) is 38.9 Å². The van der Waals surface area contributed by atoms with E-state index in [9.17, 15) is 0 Å². The van der Waals surface area contributed by atoms with Gasteiger partial charge in [-0.3, -0.25) is 0 Å². The first kappa shape index (κ1) is 14.2. The van der Waals surface area contributed by atoms with E-state index < -0.39 is 0 Å². The Hall–Kier alpha value is -1.19. The first-order chi connectivity index (χ1) is 8.85. The first-order valence-electron chi connectivity index (χ1n) is 6.69. The minimum Gasteiger partial charge on any atom is -0.325 e. The van der Waals surface area contributed by atoms with Gasteiger partial charge in [-0.25, -0.2) is 4.98 Å². The number of hydrogen-bond donors (Lipinski definition) is 1. The smallest absolute Gasteiger partial charge is 0.0950 e. The third kappa shape index (κ3) is 3.88. The van der Waals surface area contributed by atoms with Crippen LogP contribution in [0.4, 0.5) is 0 Å². The normalized spacial score (nSPS) is 12.1. The van der Waals surface area contributed by atoms with Gasteiger partial charge in [0.25, 0.3) is 0 Å². The monoisotopic (exact) mass is 274 g/mol. The van der Waals surface area contributed by atoms with E-state index in [0.29, 0.717) is 5.92 Å². The summed E-state index contributed by atoms with van der Waals surface area (Å²) in [6.45, 7) is 8.48. The number of benzene rings is 1. The van der Waals surface area contributed by atoms with Gasteiger partial charge in [-0.15, -0.1) is 11.3 Å². The summed E-state index contributed by atoms with van der Waals surface area (Å²) in [7, 11) is 0. The molecule has 0 aliphatic rings. The maximum atomic E-state index is 6.04. The molecule has 0 aliphatic carbocycles. The van der Waals surface area contributed by atoms with Crippen LogP contribution in [-0.2, 0) is 6.42 Å². The Morgan fingerprint density at radius 2 is 1.84 bits per heavy atom. The summed E-state index contributed by atoms with van der Waals surface area (Å²) in [4.78, 5) is 4.68. The summed E-state index contributed by atoms with van der Waals surface area (Å²) in [6.07, 6.45) is 0.821. The Balaban J connectivity index is 2.18. The van der Waals surface area contributed by atoms with Crippen molar-refractivity contribution in [2.75, 3.05) is 0 Å². The lowest BCUT2D eigenvalue weighted by Crippen LogP contribution is -2.34. The number of rotatable bonds is 4. The molecular formula is C16H22N2S. The van der Waals surface area contributed by atoms with Gasteiger partial charge >= 0.3 is 0 Å². The number of nitrogens with zero attached hydrogens (tertiary/aromatic N) is 1. The van der Waals surface area contributed by atoms with E-state index >= 15 is 0 Å². The van der Waals surface area contributed by atoms with Crippen molar-refractivity contribution in [3.63, 3.8) is 0 Å². The molecule has 2 rings (SSSR count). The molecule has 0 aliphatic heterocycles. The maximum absolute atomic E-state index is 6.04. The lowest BCUT2D eigenvalue weighted by Gasteiger charge is -2.15. The predicted molar refractivity (Wildman–Crippen MR) is 83.6 cm³/mol. The van der Waals surface area contributed by atoms with E-state index in [1.54, 1.807) is 11.3 Å². The van der Waals surface area contributed by atoms with Crippen LogP contribution in [0.2, 0.25) is 0 Å². The van der Waals surface area contributed by atoms with Gasteiger partial charge in [0.15, 0.2) is 0 Å². The molecular weight excluding hydrogens is 252 g/mol. The molecule has 1 heterocycles. The summed E-state index contributed by atoms with van der Waals surface area (Å²) in [6, 6.07) is 8.68. The van der Waals surface area contributed by atoms with Gasteiger partial charge in [0, 0.05) is 22.9 Å². The Bertz CT molecular complexity index is 533. The molecule has 3 heteroatoms. The van der Waals surface area contributed by atoms with E-state index in [0.717, 1.165) is 17.1 Å². The van der Waals surface area contributed by atoms with Crippen molar-refractivity contribution in [3.05, 3.63) is 40.2 Å². The second-order valence-electron chi connectivity index (χ2n) is 6.07. The van der Waals surface area contributed by atoms with Gasteiger partial charge in [-0.05, 0) is 25.3 Å². The fourth-order valence-corrected chi connectivity index (χ4v) is 3.00. The van der Waals surface area contributed by atoms with Gasteiger partial charge in [-0.2, -0.15) is 0 Å². The molecule has 2 N–H and O–H groups in total. The molecule has 2 nitrogen and oxygen atoms in total. The van der Waals surface area contributed by atoms with Gasteiger partial charge in [0.2, 0.25) is 0 Å². The SMILES string of the molecule is CC(C)c1ccc(-c2csc(CC(C)(C)N)n2)cc1. The molecule has 19 heavy (non-hydrogen) atoms. The molecule has 0 spiro atoms. The van der Waals surface area contributed by atoms with E-state index in [4.69, 9.17) is 5.73 Å². The van der Waals surface area contributed by atoms with Gasteiger partial charge in [-0.1, -0.05) is 38.1 Å². The highest BCUT2D eigenvalue weighted by atomic mass is 32.1. The third-order valence-electron chi connectivity index (χ3n) is 3.03. The summed E-state index contributed by atoms with van der Waals surface area (Å²) in [5, 5.41) is 3.22. The highest BCUT2D eigenvalue weighted by Crippen LogP contribution is 2.25. The minimum atomic E-state index is -0.198. The van der Waals surface area contributed by atoms with Crippen LogP contribution >= 0.6 is 11.3 Å². The van der Waals surface area contributed by atoms with E-state index in [1.165, 1.54) is 11.1 Å². The quantitative estimate of drug-likeness (QED) is 0.907. The van der Waals surface area contributed by atoms with Crippen molar-refractivity contribution in [3.8, 4) is 11.3 Å². The van der Waals surface area contributed by atoms with E-state index in [-0.39, 0.29) is 5.54 Å². The minimum absolute atomic E-state index is 0.198. The summed E-state index contributed by atoms with van der Waals surface area (Å²) in [5.74, 6) is 0.568. The highest BCUT2D eigenvalue weighted by molar-refractivity contribution is 7.09. The van der Waals surface area contributed by atoms with Crippen LogP contribution in [0.1, 0.15) is 44.2 Å². The lowest BCUT2D eigenvalue weighted by molar-refractivity contribution is 0.515. The highest BCUT2D eigenvalue weighted by Gasteiger charge is 2.15. The number of aromatic nitrogens is 1.